The molecule has 1 aliphatic rings. The molecule has 0 aromatic heterocycles. The van der Waals surface area contributed by atoms with Crippen LogP contribution < -0.4 is 4.31 Å². The quantitative estimate of drug-likeness (QED) is 0.795. The van der Waals surface area contributed by atoms with E-state index in [-0.39, 0.29) is 5.75 Å². The largest absolute Gasteiger partial charge is 0.270 e. The predicted octanol–water partition coefficient (Wildman–Crippen LogP) is 2.13. The molecular weight excluding hydrogens is 285 g/mol. The van der Waals surface area contributed by atoms with Gasteiger partial charge in [-0.15, -0.1) is 0 Å². The molecule has 15 heavy (non-hydrogen) atoms. The van der Waals surface area contributed by atoms with E-state index >= 15 is 0 Å². The van der Waals surface area contributed by atoms with Gasteiger partial charge in [0, 0.05) is 11.0 Å². The second-order valence-corrected chi connectivity index (χ2v) is 6.30. The topological polar surface area (TPSA) is 37.4 Å². The van der Waals surface area contributed by atoms with Crippen LogP contribution in [0.15, 0.2) is 22.7 Å². The van der Waals surface area contributed by atoms with Crippen LogP contribution in [0.5, 0.6) is 0 Å². The Hall–Kier alpha value is -0.620. The van der Waals surface area contributed by atoms with Crippen LogP contribution in [-0.4, -0.2) is 20.7 Å². The summed E-state index contributed by atoms with van der Waals surface area (Å²) in [5.41, 5.74) is 0.388. The highest BCUT2D eigenvalue weighted by Gasteiger charge is 2.28. The van der Waals surface area contributed by atoms with Crippen molar-refractivity contribution in [2.24, 2.45) is 0 Å². The number of hydrogen-bond donors (Lipinski definition) is 0. The lowest BCUT2D eigenvalue weighted by atomic mass is 10.3. The molecule has 1 heterocycles. The van der Waals surface area contributed by atoms with E-state index < -0.39 is 15.8 Å². The zero-order chi connectivity index (χ0) is 11.1. The van der Waals surface area contributed by atoms with Crippen molar-refractivity contribution in [1.29, 1.82) is 0 Å². The lowest BCUT2D eigenvalue weighted by Crippen LogP contribution is -2.25. The Labute approximate surface area is 96.1 Å². The molecule has 1 saturated heterocycles. The molecule has 0 N–H and O–H groups in total. The number of sulfonamides is 1. The third-order valence-electron chi connectivity index (χ3n) is 2.23. The molecule has 0 spiro atoms. The van der Waals surface area contributed by atoms with Gasteiger partial charge in [-0.3, -0.25) is 4.31 Å². The van der Waals surface area contributed by atoms with Crippen LogP contribution in [0.2, 0.25) is 0 Å². The molecule has 3 nitrogen and oxygen atoms in total. The first-order chi connectivity index (χ1) is 6.99. The van der Waals surface area contributed by atoms with Crippen LogP contribution in [0, 0.1) is 5.82 Å². The highest BCUT2D eigenvalue weighted by molar-refractivity contribution is 9.10. The Bertz CT molecular complexity index is 469. The van der Waals surface area contributed by atoms with Crippen molar-refractivity contribution in [3.8, 4) is 0 Å². The third-order valence-corrected chi connectivity index (χ3v) is 4.56. The highest BCUT2D eigenvalue weighted by atomic mass is 79.9. The Balaban J connectivity index is 2.46. The van der Waals surface area contributed by atoms with E-state index in [1.165, 1.54) is 16.4 Å². The van der Waals surface area contributed by atoms with E-state index in [9.17, 15) is 12.8 Å². The van der Waals surface area contributed by atoms with Crippen molar-refractivity contribution in [3.05, 3.63) is 28.5 Å². The SMILES string of the molecule is O=S1(=O)CCCN1c1cc(F)cc(Br)c1. The molecule has 1 aromatic rings. The van der Waals surface area contributed by atoms with Crippen molar-refractivity contribution < 1.29 is 12.8 Å². The molecular formula is C9H9BrFNO2S. The lowest BCUT2D eigenvalue weighted by Gasteiger charge is -2.16. The van der Waals surface area contributed by atoms with Gasteiger partial charge < -0.3 is 0 Å². The van der Waals surface area contributed by atoms with Gasteiger partial charge in [0.05, 0.1) is 11.4 Å². The van der Waals surface area contributed by atoms with Gasteiger partial charge in [-0.1, -0.05) is 15.9 Å². The number of hydrogen-bond acceptors (Lipinski definition) is 2. The van der Waals surface area contributed by atoms with Crippen LogP contribution >= 0.6 is 15.9 Å². The molecule has 0 atom stereocenters. The summed E-state index contributed by atoms with van der Waals surface area (Å²) in [6.07, 6.45) is 0.594. The van der Waals surface area contributed by atoms with E-state index in [0.717, 1.165) is 0 Å². The van der Waals surface area contributed by atoms with Gasteiger partial charge in [-0.05, 0) is 24.6 Å². The van der Waals surface area contributed by atoms with Crippen molar-refractivity contribution in [2.75, 3.05) is 16.6 Å². The summed E-state index contributed by atoms with van der Waals surface area (Å²) in [6, 6.07) is 4.13. The number of anilines is 1. The first-order valence-corrected chi connectivity index (χ1v) is 6.86. The Morgan fingerprint density at radius 2 is 2.07 bits per heavy atom. The molecule has 2 rings (SSSR count). The molecule has 6 heteroatoms. The van der Waals surface area contributed by atoms with E-state index in [2.05, 4.69) is 15.9 Å². The summed E-state index contributed by atoms with van der Waals surface area (Å²) in [5, 5.41) is 0. The Kier molecular flexibility index (Phi) is 2.72. The molecule has 1 aromatic carbocycles. The van der Waals surface area contributed by atoms with Gasteiger partial charge in [0.2, 0.25) is 10.0 Å². The fourth-order valence-corrected chi connectivity index (χ4v) is 3.61. The molecule has 0 aliphatic carbocycles. The van der Waals surface area contributed by atoms with Crippen LogP contribution in [0.25, 0.3) is 0 Å². The first-order valence-electron chi connectivity index (χ1n) is 4.45. The van der Waals surface area contributed by atoms with E-state index in [4.69, 9.17) is 0 Å². The van der Waals surface area contributed by atoms with Gasteiger partial charge in [0.25, 0.3) is 0 Å². The zero-order valence-corrected chi connectivity index (χ0v) is 10.2. The second kappa shape index (κ2) is 3.75. The lowest BCUT2D eigenvalue weighted by molar-refractivity contribution is 0.599. The minimum absolute atomic E-state index is 0.140. The summed E-state index contributed by atoms with van der Waals surface area (Å²) in [6.45, 7) is 0.429. The second-order valence-electron chi connectivity index (χ2n) is 3.37. The average molecular weight is 294 g/mol. The molecule has 1 fully saturated rings. The monoisotopic (exact) mass is 293 g/mol. The standard InChI is InChI=1S/C9H9BrFNO2S/c10-7-4-8(11)6-9(5-7)12-2-1-3-15(12,13)14/h4-6H,1-3H2. The summed E-state index contributed by atoms with van der Waals surface area (Å²) < 4.78 is 38.0. The van der Waals surface area contributed by atoms with Crippen LogP contribution in [0.3, 0.4) is 0 Å². The smallest absolute Gasteiger partial charge is 0.235 e. The Morgan fingerprint density at radius 1 is 1.33 bits per heavy atom. The molecule has 0 bridgehead atoms. The van der Waals surface area contributed by atoms with Gasteiger partial charge in [0.15, 0.2) is 0 Å². The average Bonchev–Trinajstić information content (AvgIpc) is 2.43. The van der Waals surface area contributed by atoms with Crippen molar-refractivity contribution in [3.63, 3.8) is 0 Å². The Morgan fingerprint density at radius 3 is 2.60 bits per heavy atom. The first kappa shape index (κ1) is 10.9. The number of benzene rings is 1. The maximum atomic E-state index is 13.1. The fraction of sp³-hybridized carbons (Fsp3) is 0.333. The van der Waals surface area contributed by atoms with Gasteiger partial charge in [0.1, 0.15) is 5.82 Å². The molecule has 0 unspecified atom stereocenters. The third kappa shape index (κ3) is 2.15. The summed E-state index contributed by atoms with van der Waals surface area (Å²) in [7, 11) is -3.23. The van der Waals surface area contributed by atoms with E-state index in [1.54, 1.807) is 6.07 Å². The van der Waals surface area contributed by atoms with Gasteiger partial charge in [-0.2, -0.15) is 0 Å². The highest BCUT2D eigenvalue weighted by Crippen LogP contribution is 2.27. The molecule has 1 aliphatic heterocycles. The van der Waals surface area contributed by atoms with E-state index in [1.807, 2.05) is 0 Å². The summed E-state index contributed by atoms with van der Waals surface area (Å²) in [5.74, 6) is -0.303. The molecule has 0 radical (unpaired) electrons. The number of rotatable bonds is 1. The van der Waals surface area contributed by atoms with Crippen molar-refractivity contribution in [2.45, 2.75) is 6.42 Å². The van der Waals surface area contributed by atoms with Crippen LogP contribution in [-0.2, 0) is 10.0 Å². The maximum absolute atomic E-state index is 13.1. The summed E-state index contributed by atoms with van der Waals surface area (Å²) in [4.78, 5) is 0. The summed E-state index contributed by atoms with van der Waals surface area (Å²) >= 11 is 3.14. The normalized spacial score (nSPS) is 19.5. The van der Waals surface area contributed by atoms with Gasteiger partial charge >= 0.3 is 0 Å². The minimum atomic E-state index is -3.23. The number of halogens is 2. The van der Waals surface area contributed by atoms with Crippen LogP contribution in [0.4, 0.5) is 10.1 Å². The van der Waals surface area contributed by atoms with Crippen LogP contribution in [0.1, 0.15) is 6.42 Å². The van der Waals surface area contributed by atoms with Crippen molar-refractivity contribution in [1.82, 2.24) is 0 Å². The predicted molar refractivity (Wildman–Crippen MR) is 59.8 cm³/mol. The zero-order valence-electron chi connectivity index (χ0n) is 7.78. The molecule has 0 amide bonds. The number of nitrogens with zero attached hydrogens (tertiary/aromatic N) is 1. The maximum Gasteiger partial charge on any atom is 0.235 e. The molecule has 0 saturated carbocycles. The molecule has 82 valence electrons. The van der Waals surface area contributed by atoms with E-state index in [0.29, 0.717) is 23.1 Å². The van der Waals surface area contributed by atoms with Crippen molar-refractivity contribution >= 4 is 31.6 Å². The fourth-order valence-electron chi connectivity index (χ4n) is 1.61. The minimum Gasteiger partial charge on any atom is -0.270 e. The van der Waals surface area contributed by atoms with Gasteiger partial charge in [-0.25, -0.2) is 12.8 Å².